The van der Waals surface area contributed by atoms with Crippen molar-refractivity contribution in [3.8, 4) is 0 Å². The molecule has 2 fully saturated rings. The summed E-state index contributed by atoms with van der Waals surface area (Å²) in [5, 5.41) is 0. The third kappa shape index (κ3) is 3.18. The van der Waals surface area contributed by atoms with E-state index in [1.807, 2.05) is 0 Å². The molecule has 2 bridgehead atoms. The van der Waals surface area contributed by atoms with Crippen molar-refractivity contribution in [3.63, 3.8) is 0 Å². The smallest absolute Gasteiger partial charge is 0.369 e. The van der Waals surface area contributed by atoms with E-state index in [9.17, 15) is 13.2 Å². The second kappa shape index (κ2) is 6.10. The van der Waals surface area contributed by atoms with Gasteiger partial charge in [-0.3, -0.25) is 4.90 Å². The number of fused-ring (bicyclic) bond motifs is 2. The van der Waals surface area contributed by atoms with Crippen LogP contribution in [-0.4, -0.2) is 37.6 Å². The van der Waals surface area contributed by atoms with Gasteiger partial charge in [-0.05, 0) is 48.8 Å². The van der Waals surface area contributed by atoms with Crippen LogP contribution in [0.15, 0.2) is 36.4 Å². The second-order valence-electron chi connectivity index (χ2n) is 7.38. The molecule has 1 saturated carbocycles. The predicted molar refractivity (Wildman–Crippen MR) is 88.9 cm³/mol. The number of benzene rings is 1. The zero-order chi connectivity index (χ0) is 16.7. The van der Waals surface area contributed by atoms with Crippen LogP contribution in [0.4, 0.5) is 18.9 Å². The van der Waals surface area contributed by atoms with Crippen LogP contribution in [0.25, 0.3) is 0 Å². The summed E-state index contributed by atoms with van der Waals surface area (Å²) in [4.78, 5) is 4.57. The van der Waals surface area contributed by atoms with Crippen molar-refractivity contribution in [2.24, 2.45) is 17.8 Å². The standard InChI is InChI=1S/C19H23F3N2/c20-19(21,22)17-2-1-3-18(12-17)24-8-6-23(7-9-24)13-16-11-14-4-5-15(16)10-14/h1-5,12,14-16H,6-11,13H2/t14-,15-,16-/m1/s1. The maximum Gasteiger partial charge on any atom is 0.416 e. The Labute approximate surface area is 140 Å². The van der Waals surface area contributed by atoms with Crippen LogP contribution in [-0.2, 0) is 6.18 Å². The molecule has 1 aromatic carbocycles. The average Bonchev–Trinajstić information content (AvgIpc) is 3.18. The molecule has 0 N–H and O–H groups in total. The van der Waals surface area contributed by atoms with Gasteiger partial charge in [0.1, 0.15) is 0 Å². The Morgan fingerprint density at radius 3 is 2.42 bits per heavy atom. The van der Waals surface area contributed by atoms with Crippen LogP contribution >= 0.6 is 0 Å². The highest BCUT2D eigenvalue weighted by atomic mass is 19.4. The molecule has 3 aliphatic rings. The molecule has 0 radical (unpaired) electrons. The van der Waals surface area contributed by atoms with Crippen LogP contribution in [0.2, 0.25) is 0 Å². The number of allylic oxidation sites excluding steroid dienone is 2. The van der Waals surface area contributed by atoms with Crippen molar-refractivity contribution in [2.45, 2.75) is 19.0 Å². The first-order valence-electron chi connectivity index (χ1n) is 8.82. The summed E-state index contributed by atoms with van der Waals surface area (Å²) >= 11 is 0. The van der Waals surface area contributed by atoms with Crippen molar-refractivity contribution in [1.82, 2.24) is 4.90 Å². The minimum Gasteiger partial charge on any atom is -0.369 e. The number of rotatable bonds is 3. The van der Waals surface area contributed by atoms with Gasteiger partial charge in [-0.1, -0.05) is 18.2 Å². The molecule has 2 nitrogen and oxygen atoms in total. The summed E-state index contributed by atoms with van der Waals surface area (Å²) in [7, 11) is 0. The fourth-order valence-corrected chi connectivity index (χ4v) is 4.50. The fraction of sp³-hybridized carbons (Fsp3) is 0.579. The number of anilines is 1. The van der Waals surface area contributed by atoms with E-state index >= 15 is 0 Å². The van der Waals surface area contributed by atoms with E-state index in [2.05, 4.69) is 22.0 Å². The molecule has 130 valence electrons. The molecule has 3 atom stereocenters. The number of alkyl halides is 3. The van der Waals surface area contributed by atoms with E-state index in [-0.39, 0.29) is 0 Å². The lowest BCUT2D eigenvalue weighted by atomic mass is 9.93. The molecule has 0 unspecified atom stereocenters. The predicted octanol–water partition coefficient (Wildman–Crippen LogP) is 4.04. The van der Waals surface area contributed by atoms with Crippen molar-refractivity contribution in [2.75, 3.05) is 37.6 Å². The molecule has 24 heavy (non-hydrogen) atoms. The van der Waals surface area contributed by atoms with Gasteiger partial charge >= 0.3 is 6.18 Å². The molecule has 1 aromatic rings. The average molecular weight is 336 g/mol. The van der Waals surface area contributed by atoms with Gasteiger partial charge in [-0.25, -0.2) is 0 Å². The van der Waals surface area contributed by atoms with Gasteiger partial charge < -0.3 is 4.90 Å². The van der Waals surface area contributed by atoms with Crippen LogP contribution in [0.5, 0.6) is 0 Å². The normalized spacial score (nSPS) is 30.3. The van der Waals surface area contributed by atoms with Crippen molar-refractivity contribution in [3.05, 3.63) is 42.0 Å². The monoisotopic (exact) mass is 336 g/mol. The first kappa shape index (κ1) is 16.0. The Bertz CT molecular complexity index is 617. The Hall–Kier alpha value is -1.49. The molecule has 1 heterocycles. The van der Waals surface area contributed by atoms with Crippen molar-refractivity contribution >= 4 is 5.69 Å². The van der Waals surface area contributed by atoms with Crippen LogP contribution in [0.3, 0.4) is 0 Å². The molecule has 4 rings (SSSR count). The van der Waals surface area contributed by atoms with E-state index in [0.29, 0.717) is 5.69 Å². The van der Waals surface area contributed by atoms with E-state index in [1.54, 1.807) is 6.07 Å². The van der Waals surface area contributed by atoms with E-state index < -0.39 is 11.7 Å². The minimum absolute atomic E-state index is 0.559. The summed E-state index contributed by atoms with van der Waals surface area (Å²) in [5.74, 6) is 2.34. The zero-order valence-electron chi connectivity index (χ0n) is 13.7. The largest absolute Gasteiger partial charge is 0.416 e. The number of halogens is 3. The lowest BCUT2D eigenvalue weighted by Gasteiger charge is -2.38. The number of nitrogens with zero attached hydrogens (tertiary/aromatic N) is 2. The van der Waals surface area contributed by atoms with Crippen LogP contribution in [0, 0.1) is 17.8 Å². The molecule has 1 aliphatic heterocycles. The van der Waals surface area contributed by atoms with Gasteiger partial charge in [0.25, 0.3) is 0 Å². The maximum absolute atomic E-state index is 12.9. The Morgan fingerprint density at radius 2 is 1.79 bits per heavy atom. The van der Waals surface area contributed by atoms with E-state index in [0.717, 1.165) is 56.5 Å². The minimum atomic E-state index is -4.27. The summed E-state index contributed by atoms with van der Waals surface area (Å²) in [6.07, 6.45) is 3.13. The van der Waals surface area contributed by atoms with E-state index in [4.69, 9.17) is 0 Å². The molecule has 0 spiro atoms. The first-order valence-corrected chi connectivity index (χ1v) is 8.82. The Balaban J connectivity index is 1.34. The quantitative estimate of drug-likeness (QED) is 0.769. The maximum atomic E-state index is 12.9. The van der Waals surface area contributed by atoms with Crippen molar-refractivity contribution in [1.29, 1.82) is 0 Å². The lowest BCUT2D eigenvalue weighted by molar-refractivity contribution is -0.137. The fourth-order valence-electron chi connectivity index (χ4n) is 4.50. The first-order chi connectivity index (χ1) is 11.5. The molecular weight excluding hydrogens is 313 g/mol. The third-order valence-electron chi connectivity index (χ3n) is 5.82. The van der Waals surface area contributed by atoms with Crippen molar-refractivity contribution < 1.29 is 13.2 Å². The summed E-state index contributed by atoms with van der Waals surface area (Å²) in [6, 6.07) is 5.70. The third-order valence-corrected chi connectivity index (χ3v) is 5.82. The topological polar surface area (TPSA) is 6.48 Å². The number of hydrogen-bond acceptors (Lipinski definition) is 2. The molecule has 5 heteroatoms. The van der Waals surface area contributed by atoms with Crippen LogP contribution < -0.4 is 4.90 Å². The highest BCUT2D eigenvalue weighted by molar-refractivity contribution is 5.49. The van der Waals surface area contributed by atoms with Gasteiger partial charge in [0.15, 0.2) is 0 Å². The zero-order valence-corrected chi connectivity index (χ0v) is 13.7. The Kier molecular flexibility index (Phi) is 4.07. The molecule has 2 aliphatic carbocycles. The highest BCUT2D eigenvalue weighted by Crippen LogP contribution is 2.43. The van der Waals surface area contributed by atoms with E-state index in [1.165, 1.54) is 25.0 Å². The number of piperazine rings is 1. The molecular formula is C19H23F3N2. The SMILES string of the molecule is FC(F)(F)c1cccc(N2CCN(C[C@H]3C[C@@H]4C=C[C@@H]3C4)CC2)c1. The van der Waals surface area contributed by atoms with Gasteiger partial charge in [0, 0.05) is 38.4 Å². The second-order valence-corrected chi connectivity index (χ2v) is 7.38. The van der Waals surface area contributed by atoms with Gasteiger partial charge in [-0.15, -0.1) is 0 Å². The molecule has 1 saturated heterocycles. The molecule has 0 aromatic heterocycles. The Morgan fingerprint density at radius 1 is 1.00 bits per heavy atom. The van der Waals surface area contributed by atoms with Crippen LogP contribution in [0.1, 0.15) is 18.4 Å². The summed E-state index contributed by atoms with van der Waals surface area (Å²) < 4.78 is 38.6. The number of hydrogen-bond donors (Lipinski definition) is 0. The highest BCUT2D eigenvalue weighted by Gasteiger charge is 2.37. The lowest BCUT2D eigenvalue weighted by Crippen LogP contribution is -2.48. The summed E-state index contributed by atoms with van der Waals surface area (Å²) in [6.45, 7) is 4.62. The van der Waals surface area contributed by atoms with Gasteiger partial charge in [0.05, 0.1) is 5.56 Å². The van der Waals surface area contributed by atoms with Gasteiger partial charge in [0.2, 0.25) is 0 Å². The molecule has 0 amide bonds. The van der Waals surface area contributed by atoms with Gasteiger partial charge in [-0.2, -0.15) is 13.2 Å². The summed E-state index contributed by atoms with van der Waals surface area (Å²) in [5.41, 5.74) is 0.128.